The van der Waals surface area contributed by atoms with Gasteiger partial charge >= 0.3 is 0 Å². The molecule has 0 saturated carbocycles. The van der Waals surface area contributed by atoms with Crippen LogP contribution in [0.25, 0.3) is 10.9 Å². The van der Waals surface area contributed by atoms with Crippen molar-refractivity contribution in [2.45, 2.75) is 13.0 Å². The van der Waals surface area contributed by atoms with Gasteiger partial charge in [0.1, 0.15) is 5.75 Å². The van der Waals surface area contributed by atoms with E-state index in [1.165, 1.54) is 0 Å². The summed E-state index contributed by atoms with van der Waals surface area (Å²) in [5.74, 6) is 0.279. The van der Waals surface area contributed by atoms with Gasteiger partial charge in [-0.15, -0.1) is 0 Å². The summed E-state index contributed by atoms with van der Waals surface area (Å²) in [7, 11) is 1.59. The molecule has 26 heavy (non-hydrogen) atoms. The smallest absolute Gasteiger partial charge is 0.239 e. The van der Waals surface area contributed by atoms with E-state index < -0.39 is 0 Å². The number of H-pyrrole nitrogens is 1. The van der Waals surface area contributed by atoms with Gasteiger partial charge in [0.05, 0.1) is 20.1 Å². The number of aromatic amines is 1. The Bertz CT molecular complexity index is 917. The van der Waals surface area contributed by atoms with E-state index in [9.17, 15) is 9.59 Å². The number of ether oxygens (including phenoxy) is 1. The van der Waals surface area contributed by atoms with Gasteiger partial charge in [-0.1, -0.05) is 36.4 Å². The largest absolute Gasteiger partial charge is 0.496 e. The number of amides is 2. The molecule has 2 amide bonds. The number of nitrogens with one attached hydrogen (secondary N) is 3. The number of carbonyl (C=O) groups is 2. The molecular formula is C20H21N3O3. The highest BCUT2D eigenvalue weighted by Crippen LogP contribution is 2.18. The van der Waals surface area contributed by atoms with E-state index >= 15 is 0 Å². The topological polar surface area (TPSA) is 83.2 Å². The molecule has 0 unspecified atom stereocenters. The number of para-hydroxylation sites is 2. The van der Waals surface area contributed by atoms with Crippen LogP contribution in [0.2, 0.25) is 0 Å². The number of aromatic nitrogens is 1. The third-order valence-corrected chi connectivity index (χ3v) is 4.14. The highest BCUT2D eigenvalue weighted by molar-refractivity contribution is 5.90. The lowest BCUT2D eigenvalue weighted by Gasteiger charge is -2.10. The van der Waals surface area contributed by atoms with E-state index in [1.807, 2.05) is 54.7 Å². The summed E-state index contributed by atoms with van der Waals surface area (Å²) in [4.78, 5) is 27.2. The summed E-state index contributed by atoms with van der Waals surface area (Å²) in [6, 6.07) is 15.3. The summed E-state index contributed by atoms with van der Waals surface area (Å²) in [6.07, 6.45) is 2.05. The molecule has 1 heterocycles. The minimum Gasteiger partial charge on any atom is -0.496 e. The Labute approximate surface area is 151 Å². The van der Waals surface area contributed by atoms with Crippen LogP contribution in [0, 0.1) is 0 Å². The van der Waals surface area contributed by atoms with Crippen molar-refractivity contribution >= 4 is 22.7 Å². The highest BCUT2D eigenvalue weighted by Gasteiger charge is 2.10. The van der Waals surface area contributed by atoms with Crippen LogP contribution >= 0.6 is 0 Å². The number of methoxy groups -OCH3 is 1. The molecule has 0 spiro atoms. The fourth-order valence-electron chi connectivity index (χ4n) is 2.80. The summed E-state index contributed by atoms with van der Waals surface area (Å²) in [5, 5.41) is 6.45. The van der Waals surface area contributed by atoms with E-state index in [0.29, 0.717) is 6.54 Å². The highest BCUT2D eigenvalue weighted by atomic mass is 16.5. The molecule has 0 fully saturated rings. The molecule has 0 aliphatic heterocycles. The summed E-state index contributed by atoms with van der Waals surface area (Å²) < 4.78 is 5.25. The first kappa shape index (κ1) is 17.5. The van der Waals surface area contributed by atoms with Gasteiger partial charge in [0, 0.05) is 29.2 Å². The van der Waals surface area contributed by atoms with Crippen LogP contribution in [-0.4, -0.2) is 30.5 Å². The number of carbonyl (C=O) groups excluding carboxylic acids is 2. The second-order valence-electron chi connectivity index (χ2n) is 5.90. The third kappa shape index (κ3) is 4.22. The average Bonchev–Trinajstić information content (AvgIpc) is 3.08. The SMILES string of the molecule is COc1ccccc1CNC(=O)CNC(=O)Cc1c[nH]c2ccccc12. The summed E-state index contributed by atoms with van der Waals surface area (Å²) in [6.45, 7) is 0.289. The van der Waals surface area contributed by atoms with Gasteiger partial charge in [-0.2, -0.15) is 0 Å². The van der Waals surface area contributed by atoms with Crippen molar-refractivity contribution in [2.24, 2.45) is 0 Å². The van der Waals surface area contributed by atoms with Gasteiger partial charge in [0.25, 0.3) is 0 Å². The Morgan fingerprint density at radius 1 is 0.962 bits per heavy atom. The van der Waals surface area contributed by atoms with E-state index in [4.69, 9.17) is 4.74 Å². The van der Waals surface area contributed by atoms with Crippen molar-refractivity contribution < 1.29 is 14.3 Å². The molecule has 0 atom stereocenters. The first-order chi connectivity index (χ1) is 12.7. The maximum Gasteiger partial charge on any atom is 0.239 e. The lowest BCUT2D eigenvalue weighted by molar-refractivity contribution is -0.125. The maximum absolute atomic E-state index is 12.1. The molecule has 1 aromatic heterocycles. The molecule has 0 aliphatic carbocycles. The minimum atomic E-state index is -0.247. The van der Waals surface area contributed by atoms with Crippen molar-refractivity contribution in [2.75, 3.05) is 13.7 Å². The molecule has 3 aromatic rings. The summed E-state index contributed by atoms with van der Waals surface area (Å²) >= 11 is 0. The second-order valence-corrected chi connectivity index (χ2v) is 5.90. The van der Waals surface area contributed by atoms with Crippen LogP contribution in [0.15, 0.2) is 54.7 Å². The van der Waals surface area contributed by atoms with Crippen molar-refractivity contribution in [1.29, 1.82) is 0 Å². The zero-order valence-electron chi connectivity index (χ0n) is 14.5. The van der Waals surface area contributed by atoms with E-state index in [2.05, 4.69) is 15.6 Å². The fraction of sp³-hybridized carbons (Fsp3) is 0.200. The molecule has 0 saturated heterocycles. The lowest BCUT2D eigenvalue weighted by atomic mass is 10.1. The predicted molar refractivity (Wildman–Crippen MR) is 99.9 cm³/mol. The quantitative estimate of drug-likeness (QED) is 0.610. The van der Waals surface area contributed by atoms with Crippen LogP contribution < -0.4 is 15.4 Å². The van der Waals surface area contributed by atoms with Crippen molar-refractivity contribution in [1.82, 2.24) is 15.6 Å². The Balaban J connectivity index is 1.47. The number of rotatable bonds is 7. The van der Waals surface area contributed by atoms with Gasteiger partial charge in [0.2, 0.25) is 11.8 Å². The van der Waals surface area contributed by atoms with Gasteiger partial charge in [-0.05, 0) is 17.7 Å². The average molecular weight is 351 g/mol. The van der Waals surface area contributed by atoms with Crippen LogP contribution in [0.1, 0.15) is 11.1 Å². The molecule has 0 bridgehead atoms. The Hall–Kier alpha value is -3.28. The molecule has 134 valence electrons. The number of hydrogen-bond acceptors (Lipinski definition) is 3. The van der Waals surface area contributed by atoms with Crippen LogP contribution in [0.3, 0.4) is 0 Å². The van der Waals surface area contributed by atoms with Crippen molar-refractivity contribution in [3.05, 3.63) is 65.9 Å². The molecule has 3 rings (SSSR count). The van der Waals surface area contributed by atoms with Crippen LogP contribution in [-0.2, 0) is 22.6 Å². The Kier molecular flexibility index (Phi) is 5.53. The first-order valence-electron chi connectivity index (χ1n) is 8.37. The first-order valence-corrected chi connectivity index (χ1v) is 8.37. The number of benzene rings is 2. The fourth-order valence-corrected chi connectivity index (χ4v) is 2.80. The third-order valence-electron chi connectivity index (χ3n) is 4.14. The molecule has 2 aromatic carbocycles. The lowest BCUT2D eigenvalue weighted by Crippen LogP contribution is -2.37. The number of fused-ring (bicyclic) bond motifs is 1. The summed E-state index contributed by atoms with van der Waals surface area (Å²) in [5.41, 5.74) is 2.78. The zero-order chi connectivity index (χ0) is 18.4. The Morgan fingerprint density at radius 3 is 2.58 bits per heavy atom. The van der Waals surface area contributed by atoms with E-state index in [0.717, 1.165) is 27.8 Å². The predicted octanol–water partition coefficient (Wildman–Crippen LogP) is 2.15. The zero-order valence-corrected chi connectivity index (χ0v) is 14.5. The van der Waals surface area contributed by atoms with Gasteiger partial charge in [0.15, 0.2) is 0 Å². The van der Waals surface area contributed by atoms with Gasteiger partial charge < -0.3 is 20.4 Å². The molecular weight excluding hydrogens is 330 g/mol. The monoisotopic (exact) mass is 351 g/mol. The van der Waals surface area contributed by atoms with Gasteiger partial charge in [-0.25, -0.2) is 0 Å². The van der Waals surface area contributed by atoms with Gasteiger partial charge in [-0.3, -0.25) is 9.59 Å². The molecule has 6 nitrogen and oxygen atoms in total. The minimum absolute atomic E-state index is 0.0592. The normalized spacial score (nSPS) is 10.5. The van der Waals surface area contributed by atoms with Crippen LogP contribution in [0.4, 0.5) is 0 Å². The maximum atomic E-state index is 12.1. The Morgan fingerprint density at radius 2 is 1.73 bits per heavy atom. The van der Waals surface area contributed by atoms with E-state index in [-0.39, 0.29) is 24.8 Å². The molecule has 6 heteroatoms. The molecule has 0 radical (unpaired) electrons. The molecule has 3 N–H and O–H groups in total. The number of hydrogen-bond donors (Lipinski definition) is 3. The van der Waals surface area contributed by atoms with Crippen molar-refractivity contribution in [3.63, 3.8) is 0 Å². The second kappa shape index (κ2) is 8.20. The standard InChI is InChI=1S/C20H21N3O3/c1-26-18-9-5-2-6-14(18)11-22-20(25)13-23-19(24)10-15-12-21-17-8-4-3-7-16(15)17/h2-9,12,21H,10-11,13H2,1H3,(H,22,25)(H,23,24). The molecule has 0 aliphatic rings. The van der Waals surface area contributed by atoms with Crippen molar-refractivity contribution in [3.8, 4) is 5.75 Å². The van der Waals surface area contributed by atoms with Crippen LogP contribution in [0.5, 0.6) is 5.75 Å². The van der Waals surface area contributed by atoms with E-state index in [1.54, 1.807) is 7.11 Å².